The number of hydrogen-bond acceptors (Lipinski definition) is 3. The largest absolute Gasteiger partial charge is 0.368 e. The monoisotopic (exact) mass is 354 g/mol. The van der Waals surface area contributed by atoms with Crippen molar-refractivity contribution in [2.45, 2.75) is 17.4 Å². The minimum absolute atomic E-state index is 0.194. The molecule has 1 heterocycles. The second kappa shape index (κ2) is 5.50. The van der Waals surface area contributed by atoms with E-state index in [1.54, 1.807) is 24.3 Å². The highest BCUT2D eigenvalue weighted by molar-refractivity contribution is 7.93. The van der Waals surface area contributed by atoms with Gasteiger partial charge in [0.25, 0.3) is 10.0 Å². The lowest BCUT2D eigenvalue weighted by molar-refractivity contribution is -0.118. The Kier molecular flexibility index (Phi) is 3.77. The normalized spacial score (nSPS) is 17.1. The first-order chi connectivity index (χ1) is 10.8. The molecule has 0 unspecified atom stereocenters. The number of carbonyl (C=O) groups is 1. The van der Waals surface area contributed by atoms with Crippen LogP contribution in [0.5, 0.6) is 0 Å². The zero-order valence-electron chi connectivity index (χ0n) is 11.7. The van der Waals surface area contributed by atoms with Gasteiger partial charge in [0, 0.05) is 6.42 Å². The number of nitrogens with two attached hydrogens (primary N) is 1. The number of sulfonamides is 1. The van der Waals surface area contributed by atoms with E-state index in [0.29, 0.717) is 11.3 Å². The van der Waals surface area contributed by atoms with Crippen LogP contribution in [0.3, 0.4) is 0 Å². The molecular formula is C15H12ClFN2O3S. The van der Waals surface area contributed by atoms with Crippen molar-refractivity contribution in [3.05, 3.63) is 58.9 Å². The molecule has 0 bridgehead atoms. The number of fused-ring (bicyclic) bond motifs is 1. The van der Waals surface area contributed by atoms with Crippen LogP contribution in [0.2, 0.25) is 5.02 Å². The molecular weight excluding hydrogens is 343 g/mol. The predicted octanol–water partition coefficient (Wildman–Crippen LogP) is 2.08. The Morgan fingerprint density at radius 1 is 1.26 bits per heavy atom. The summed E-state index contributed by atoms with van der Waals surface area (Å²) in [5.41, 5.74) is 6.45. The number of anilines is 1. The van der Waals surface area contributed by atoms with Crippen molar-refractivity contribution in [1.82, 2.24) is 0 Å². The highest BCUT2D eigenvalue weighted by atomic mass is 35.5. The van der Waals surface area contributed by atoms with Crippen LogP contribution in [0.15, 0.2) is 47.4 Å². The summed E-state index contributed by atoms with van der Waals surface area (Å²) in [6.45, 7) is 0. The summed E-state index contributed by atoms with van der Waals surface area (Å²) in [7, 11) is -4.10. The third-order valence-electron chi connectivity index (χ3n) is 3.70. The van der Waals surface area contributed by atoms with Gasteiger partial charge in [-0.1, -0.05) is 29.8 Å². The highest BCUT2D eigenvalue weighted by Crippen LogP contribution is 2.37. The van der Waals surface area contributed by atoms with Crippen LogP contribution >= 0.6 is 11.6 Å². The van der Waals surface area contributed by atoms with E-state index in [2.05, 4.69) is 0 Å². The summed E-state index contributed by atoms with van der Waals surface area (Å²) in [5, 5.41) is -0.311. The third-order valence-corrected chi connectivity index (χ3v) is 5.81. The van der Waals surface area contributed by atoms with Crippen LogP contribution in [-0.4, -0.2) is 20.4 Å². The van der Waals surface area contributed by atoms with E-state index in [4.69, 9.17) is 17.3 Å². The third kappa shape index (κ3) is 2.55. The Balaban J connectivity index is 2.16. The molecule has 0 radical (unpaired) electrons. The summed E-state index contributed by atoms with van der Waals surface area (Å²) >= 11 is 5.68. The zero-order chi connectivity index (χ0) is 16.8. The van der Waals surface area contributed by atoms with Gasteiger partial charge in [-0.2, -0.15) is 0 Å². The topological polar surface area (TPSA) is 80.5 Å². The lowest BCUT2D eigenvalue weighted by Gasteiger charge is -2.25. The van der Waals surface area contributed by atoms with Crippen LogP contribution in [0.1, 0.15) is 5.56 Å². The molecule has 0 aliphatic carbocycles. The number of nitrogens with zero attached hydrogens (tertiary/aromatic N) is 1. The molecule has 8 heteroatoms. The van der Waals surface area contributed by atoms with Gasteiger partial charge in [0.05, 0.1) is 15.6 Å². The van der Waals surface area contributed by atoms with Crippen LogP contribution in [-0.2, 0) is 21.2 Å². The van der Waals surface area contributed by atoms with E-state index < -0.39 is 27.8 Å². The molecule has 1 amide bonds. The Labute approximate surface area is 137 Å². The van der Waals surface area contributed by atoms with Crippen molar-refractivity contribution in [3.8, 4) is 0 Å². The van der Waals surface area contributed by atoms with E-state index in [1.807, 2.05) is 0 Å². The van der Waals surface area contributed by atoms with Crippen LogP contribution < -0.4 is 10.0 Å². The molecule has 1 aliphatic rings. The SMILES string of the molecule is NC(=O)[C@@H]1Cc2ccccc2N1S(=O)(=O)c1ccc(F)c(Cl)c1. The average molecular weight is 355 g/mol. The molecule has 2 aromatic rings. The van der Waals surface area contributed by atoms with Crippen molar-refractivity contribution in [2.24, 2.45) is 5.73 Å². The molecule has 3 rings (SSSR count). The van der Waals surface area contributed by atoms with Crippen molar-refractivity contribution < 1.29 is 17.6 Å². The zero-order valence-corrected chi connectivity index (χ0v) is 13.3. The molecule has 0 saturated heterocycles. The lowest BCUT2D eigenvalue weighted by Crippen LogP contribution is -2.45. The van der Waals surface area contributed by atoms with Crippen molar-refractivity contribution in [3.63, 3.8) is 0 Å². The maximum atomic E-state index is 13.3. The standard InChI is InChI=1S/C15H12ClFN2O3S/c16-11-8-10(5-6-12(11)17)23(21,22)19-13-4-2-1-3-9(13)7-14(19)15(18)20/h1-6,8,14H,7H2,(H2,18,20)/t14-/m0/s1. The van der Waals surface area contributed by atoms with E-state index >= 15 is 0 Å². The molecule has 0 spiro atoms. The number of carbonyl (C=O) groups excluding carboxylic acids is 1. The maximum absolute atomic E-state index is 13.3. The molecule has 23 heavy (non-hydrogen) atoms. The summed E-state index contributed by atoms with van der Waals surface area (Å²) < 4.78 is 40.1. The van der Waals surface area contributed by atoms with Gasteiger partial charge in [-0.15, -0.1) is 0 Å². The molecule has 2 N–H and O–H groups in total. The quantitative estimate of drug-likeness (QED) is 0.916. The van der Waals surface area contributed by atoms with Gasteiger partial charge in [-0.05, 0) is 29.8 Å². The Morgan fingerprint density at radius 3 is 2.61 bits per heavy atom. The molecule has 1 atom stereocenters. The summed E-state index contributed by atoms with van der Waals surface area (Å²) in [6.07, 6.45) is 0.194. The number of benzene rings is 2. The molecule has 0 saturated carbocycles. The Bertz CT molecular complexity index is 901. The lowest BCUT2D eigenvalue weighted by atomic mass is 10.1. The fourth-order valence-electron chi connectivity index (χ4n) is 2.62. The number of amides is 1. The van der Waals surface area contributed by atoms with Gasteiger partial charge in [-0.25, -0.2) is 12.8 Å². The molecule has 0 fully saturated rings. The molecule has 120 valence electrons. The fraction of sp³-hybridized carbons (Fsp3) is 0.133. The van der Waals surface area contributed by atoms with Gasteiger partial charge in [0.15, 0.2) is 0 Å². The summed E-state index contributed by atoms with van der Waals surface area (Å²) in [6, 6.07) is 8.82. The minimum atomic E-state index is -4.10. The average Bonchev–Trinajstić information content (AvgIpc) is 2.90. The number of halogens is 2. The summed E-state index contributed by atoms with van der Waals surface area (Å²) in [4.78, 5) is 11.5. The molecule has 2 aromatic carbocycles. The minimum Gasteiger partial charge on any atom is -0.368 e. The second-order valence-corrected chi connectivity index (χ2v) is 7.35. The van der Waals surface area contributed by atoms with Gasteiger partial charge in [-0.3, -0.25) is 9.10 Å². The summed E-state index contributed by atoms with van der Waals surface area (Å²) in [5.74, 6) is -1.48. The van der Waals surface area contributed by atoms with Crippen LogP contribution in [0.4, 0.5) is 10.1 Å². The van der Waals surface area contributed by atoms with E-state index in [-0.39, 0.29) is 16.3 Å². The molecule has 0 aromatic heterocycles. The van der Waals surface area contributed by atoms with E-state index in [9.17, 15) is 17.6 Å². The van der Waals surface area contributed by atoms with E-state index in [0.717, 1.165) is 22.5 Å². The number of para-hydroxylation sites is 1. The Hall–Kier alpha value is -2.12. The highest BCUT2D eigenvalue weighted by Gasteiger charge is 2.41. The maximum Gasteiger partial charge on any atom is 0.265 e. The number of primary amides is 1. The van der Waals surface area contributed by atoms with Crippen molar-refractivity contribution in [2.75, 3.05) is 4.31 Å². The second-order valence-electron chi connectivity index (χ2n) is 5.13. The molecule has 5 nitrogen and oxygen atoms in total. The van der Waals surface area contributed by atoms with Gasteiger partial charge >= 0.3 is 0 Å². The first kappa shape index (κ1) is 15.8. The van der Waals surface area contributed by atoms with Crippen LogP contribution in [0, 0.1) is 5.82 Å². The van der Waals surface area contributed by atoms with Gasteiger partial charge < -0.3 is 5.73 Å². The van der Waals surface area contributed by atoms with Gasteiger partial charge in [0.1, 0.15) is 11.9 Å². The smallest absolute Gasteiger partial charge is 0.265 e. The van der Waals surface area contributed by atoms with Gasteiger partial charge in [0.2, 0.25) is 5.91 Å². The van der Waals surface area contributed by atoms with E-state index in [1.165, 1.54) is 0 Å². The van der Waals surface area contributed by atoms with Crippen molar-refractivity contribution >= 4 is 33.2 Å². The number of hydrogen-bond donors (Lipinski definition) is 1. The van der Waals surface area contributed by atoms with Crippen LogP contribution in [0.25, 0.3) is 0 Å². The Morgan fingerprint density at radius 2 is 1.96 bits per heavy atom. The molecule has 1 aliphatic heterocycles. The van der Waals surface area contributed by atoms with Crippen molar-refractivity contribution in [1.29, 1.82) is 0 Å². The first-order valence-corrected chi connectivity index (χ1v) is 8.51. The first-order valence-electron chi connectivity index (χ1n) is 6.69. The number of rotatable bonds is 3. The fourth-order valence-corrected chi connectivity index (χ4v) is 4.55. The predicted molar refractivity (Wildman–Crippen MR) is 84.2 cm³/mol.